The summed E-state index contributed by atoms with van der Waals surface area (Å²) in [6, 6.07) is 6.82. The second-order valence-electron chi connectivity index (χ2n) is 3.39. The SMILES string of the molecule is COc1ccccc1NS(=O)(=O)C(C)CN. The Bertz CT molecular complexity index is 445. The zero-order chi connectivity index (χ0) is 12.2. The van der Waals surface area contributed by atoms with Crippen molar-refractivity contribution in [3.8, 4) is 5.75 Å². The molecule has 0 aliphatic heterocycles. The molecule has 1 atom stereocenters. The quantitative estimate of drug-likeness (QED) is 0.802. The molecule has 16 heavy (non-hydrogen) atoms. The first kappa shape index (κ1) is 12.8. The summed E-state index contributed by atoms with van der Waals surface area (Å²) >= 11 is 0. The highest BCUT2D eigenvalue weighted by Gasteiger charge is 2.20. The van der Waals surface area contributed by atoms with Gasteiger partial charge in [-0.15, -0.1) is 0 Å². The van der Waals surface area contributed by atoms with Gasteiger partial charge in [-0.1, -0.05) is 12.1 Å². The Morgan fingerprint density at radius 2 is 2.06 bits per heavy atom. The summed E-state index contributed by atoms with van der Waals surface area (Å²) in [4.78, 5) is 0. The van der Waals surface area contributed by atoms with E-state index >= 15 is 0 Å². The third-order valence-corrected chi connectivity index (χ3v) is 3.98. The predicted octanol–water partition coefficient (Wildman–Crippen LogP) is 0.784. The van der Waals surface area contributed by atoms with Gasteiger partial charge in [-0.2, -0.15) is 0 Å². The fourth-order valence-corrected chi connectivity index (χ4v) is 2.04. The number of hydrogen-bond acceptors (Lipinski definition) is 4. The van der Waals surface area contributed by atoms with Crippen molar-refractivity contribution in [3.63, 3.8) is 0 Å². The first-order valence-electron chi connectivity index (χ1n) is 4.86. The van der Waals surface area contributed by atoms with Crippen molar-refractivity contribution in [2.45, 2.75) is 12.2 Å². The van der Waals surface area contributed by atoms with Crippen LogP contribution in [0.5, 0.6) is 5.75 Å². The van der Waals surface area contributed by atoms with E-state index in [1.165, 1.54) is 7.11 Å². The smallest absolute Gasteiger partial charge is 0.236 e. The van der Waals surface area contributed by atoms with E-state index < -0.39 is 15.3 Å². The van der Waals surface area contributed by atoms with Crippen LogP contribution in [0.1, 0.15) is 6.92 Å². The van der Waals surface area contributed by atoms with Crippen molar-refractivity contribution in [2.24, 2.45) is 5.73 Å². The molecule has 0 radical (unpaired) electrons. The van der Waals surface area contributed by atoms with Gasteiger partial charge in [0.1, 0.15) is 5.75 Å². The fraction of sp³-hybridized carbons (Fsp3) is 0.400. The molecule has 1 unspecified atom stereocenters. The van der Waals surface area contributed by atoms with Gasteiger partial charge in [-0.25, -0.2) is 8.42 Å². The molecule has 0 aliphatic carbocycles. The molecule has 0 spiro atoms. The summed E-state index contributed by atoms with van der Waals surface area (Å²) < 4.78 is 31.0. The second-order valence-corrected chi connectivity index (χ2v) is 5.49. The Balaban J connectivity index is 2.96. The molecule has 0 aromatic heterocycles. The average molecular weight is 244 g/mol. The van der Waals surface area contributed by atoms with E-state index in [4.69, 9.17) is 10.5 Å². The number of methoxy groups -OCH3 is 1. The van der Waals surface area contributed by atoms with Crippen molar-refractivity contribution in [1.29, 1.82) is 0 Å². The molecule has 0 heterocycles. The van der Waals surface area contributed by atoms with Crippen LogP contribution in [0, 0.1) is 0 Å². The summed E-state index contributed by atoms with van der Waals surface area (Å²) in [5, 5.41) is -0.641. The Morgan fingerprint density at radius 3 is 2.62 bits per heavy atom. The highest BCUT2D eigenvalue weighted by molar-refractivity contribution is 7.93. The highest BCUT2D eigenvalue weighted by Crippen LogP contribution is 2.24. The number of hydrogen-bond donors (Lipinski definition) is 2. The fourth-order valence-electron chi connectivity index (χ4n) is 1.11. The average Bonchev–Trinajstić information content (AvgIpc) is 2.28. The molecule has 5 nitrogen and oxygen atoms in total. The van der Waals surface area contributed by atoms with Crippen LogP contribution in [0.15, 0.2) is 24.3 Å². The van der Waals surface area contributed by atoms with Crippen molar-refractivity contribution in [3.05, 3.63) is 24.3 Å². The largest absolute Gasteiger partial charge is 0.495 e. The molecular formula is C10H16N2O3S. The third-order valence-electron chi connectivity index (χ3n) is 2.22. The van der Waals surface area contributed by atoms with E-state index in [1.807, 2.05) is 0 Å². The van der Waals surface area contributed by atoms with E-state index in [0.29, 0.717) is 11.4 Å². The number of para-hydroxylation sites is 2. The molecule has 3 N–H and O–H groups in total. The highest BCUT2D eigenvalue weighted by atomic mass is 32.2. The first-order chi connectivity index (χ1) is 7.51. The topological polar surface area (TPSA) is 81.4 Å². The molecule has 0 amide bonds. The third kappa shape index (κ3) is 2.86. The van der Waals surface area contributed by atoms with Crippen molar-refractivity contribution >= 4 is 15.7 Å². The second kappa shape index (κ2) is 5.18. The van der Waals surface area contributed by atoms with Crippen LogP contribution in [0.2, 0.25) is 0 Å². The Kier molecular flexibility index (Phi) is 4.14. The van der Waals surface area contributed by atoms with Crippen molar-refractivity contribution in [2.75, 3.05) is 18.4 Å². The van der Waals surface area contributed by atoms with Gasteiger partial charge in [0, 0.05) is 6.54 Å². The van der Waals surface area contributed by atoms with Gasteiger partial charge in [-0.3, -0.25) is 4.72 Å². The van der Waals surface area contributed by atoms with Crippen LogP contribution in [0.4, 0.5) is 5.69 Å². The Hall–Kier alpha value is -1.27. The number of ether oxygens (including phenoxy) is 1. The van der Waals surface area contributed by atoms with Crippen LogP contribution in [0.3, 0.4) is 0 Å². The monoisotopic (exact) mass is 244 g/mol. The number of anilines is 1. The lowest BCUT2D eigenvalue weighted by Gasteiger charge is -2.14. The van der Waals surface area contributed by atoms with Crippen LogP contribution >= 0.6 is 0 Å². The number of benzene rings is 1. The molecule has 0 bridgehead atoms. The Morgan fingerprint density at radius 1 is 1.44 bits per heavy atom. The van der Waals surface area contributed by atoms with Gasteiger partial charge < -0.3 is 10.5 Å². The van der Waals surface area contributed by atoms with E-state index in [9.17, 15) is 8.42 Å². The summed E-state index contributed by atoms with van der Waals surface area (Å²) in [6.45, 7) is 1.63. The number of rotatable bonds is 5. The number of nitrogens with two attached hydrogens (primary N) is 1. The molecule has 90 valence electrons. The van der Waals surface area contributed by atoms with Crippen LogP contribution in [0.25, 0.3) is 0 Å². The van der Waals surface area contributed by atoms with Gasteiger partial charge in [0.2, 0.25) is 10.0 Å². The minimum atomic E-state index is -3.45. The predicted molar refractivity (Wildman–Crippen MR) is 64.1 cm³/mol. The van der Waals surface area contributed by atoms with Gasteiger partial charge in [0.15, 0.2) is 0 Å². The van der Waals surface area contributed by atoms with Crippen LogP contribution < -0.4 is 15.2 Å². The molecule has 1 rings (SSSR count). The van der Waals surface area contributed by atoms with E-state index in [2.05, 4.69) is 4.72 Å². The minimum absolute atomic E-state index is 0.0739. The van der Waals surface area contributed by atoms with Crippen molar-refractivity contribution in [1.82, 2.24) is 0 Å². The minimum Gasteiger partial charge on any atom is -0.495 e. The van der Waals surface area contributed by atoms with Crippen LogP contribution in [-0.2, 0) is 10.0 Å². The molecule has 1 aromatic rings. The normalized spacial score (nSPS) is 13.2. The van der Waals surface area contributed by atoms with Gasteiger partial charge >= 0.3 is 0 Å². The number of sulfonamides is 1. The van der Waals surface area contributed by atoms with Crippen molar-refractivity contribution < 1.29 is 13.2 Å². The zero-order valence-corrected chi connectivity index (χ0v) is 10.1. The summed E-state index contributed by atoms with van der Waals surface area (Å²) in [6.07, 6.45) is 0. The van der Waals surface area contributed by atoms with Gasteiger partial charge in [0.05, 0.1) is 18.0 Å². The van der Waals surface area contributed by atoms with E-state index in [1.54, 1.807) is 31.2 Å². The van der Waals surface area contributed by atoms with Gasteiger partial charge in [-0.05, 0) is 19.1 Å². The molecule has 0 saturated heterocycles. The van der Waals surface area contributed by atoms with E-state index in [-0.39, 0.29) is 6.54 Å². The maximum absolute atomic E-state index is 11.8. The summed E-state index contributed by atoms with van der Waals surface area (Å²) in [7, 11) is -1.97. The molecule has 1 aromatic carbocycles. The maximum atomic E-state index is 11.8. The molecule has 6 heteroatoms. The lowest BCUT2D eigenvalue weighted by molar-refractivity contribution is 0.417. The summed E-state index contributed by atoms with van der Waals surface area (Å²) in [5.41, 5.74) is 5.75. The first-order valence-corrected chi connectivity index (χ1v) is 6.40. The Labute approximate surface area is 95.7 Å². The lowest BCUT2D eigenvalue weighted by Crippen LogP contribution is -2.31. The number of nitrogens with one attached hydrogen (secondary N) is 1. The standard InChI is InChI=1S/C10H16N2O3S/c1-8(7-11)16(13,14)12-9-5-3-4-6-10(9)15-2/h3-6,8,12H,7,11H2,1-2H3. The summed E-state index contributed by atoms with van der Waals surface area (Å²) in [5.74, 6) is 0.482. The zero-order valence-electron chi connectivity index (χ0n) is 9.30. The van der Waals surface area contributed by atoms with Gasteiger partial charge in [0.25, 0.3) is 0 Å². The maximum Gasteiger partial charge on any atom is 0.236 e. The van der Waals surface area contributed by atoms with E-state index in [0.717, 1.165) is 0 Å². The molecular weight excluding hydrogens is 228 g/mol. The van der Waals surface area contributed by atoms with Crippen LogP contribution in [-0.4, -0.2) is 27.3 Å². The lowest BCUT2D eigenvalue weighted by atomic mass is 10.3. The molecule has 0 saturated carbocycles. The molecule has 0 fully saturated rings. The molecule has 0 aliphatic rings.